The molecule has 4 aromatic rings. The molecule has 0 aliphatic carbocycles. The van der Waals surface area contributed by atoms with Gasteiger partial charge < -0.3 is 9.30 Å². The highest BCUT2D eigenvalue weighted by Crippen LogP contribution is 2.24. The summed E-state index contributed by atoms with van der Waals surface area (Å²) in [5, 5.41) is 0.504. The zero-order valence-corrected chi connectivity index (χ0v) is 16.5. The van der Waals surface area contributed by atoms with Gasteiger partial charge in [-0.2, -0.15) is 0 Å². The number of benzene rings is 2. The van der Waals surface area contributed by atoms with E-state index < -0.39 is 0 Å². The quantitative estimate of drug-likeness (QED) is 0.490. The number of aryl methyl sites for hydroxylation is 1. The number of carbonyl (C=O) groups is 1. The minimum Gasteiger partial charge on any atom is -0.497 e. The van der Waals surface area contributed by atoms with Crippen molar-refractivity contribution in [1.82, 2.24) is 14.1 Å². The molecule has 0 fully saturated rings. The summed E-state index contributed by atoms with van der Waals surface area (Å²) >= 11 is 0. The molecule has 0 bridgehead atoms. The molecule has 6 nitrogen and oxygen atoms in total. The molecule has 2 aromatic heterocycles. The van der Waals surface area contributed by atoms with E-state index in [0.29, 0.717) is 16.5 Å². The standard InChI is InChI=1S/C23H21N3O3/c1-15-11-20(16(2)26(15)17-7-6-8-18(12-17)29-3)22(27)13-25-14-24-21-10-5-4-9-19(21)23(25)28/h4-12,14H,13H2,1-3H3. The van der Waals surface area contributed by atoms with E-state index in [4.69, 9.17) is 4.74 Å². The zero-order valence-electron chi connectivity index (χ0n) is 16.5. The first kappa shape index (κ1) is 18.7. The lowest BCUT2D eigenvalue weighted by Gasteiger charge is -2.11. The maximum Gasteiger partial charge on any atom is 0.261 e. The maximum absolute atomic E-state index is 13.0. The second kappa shape index (κ2) is 7.39. The largest absolute Gasteiger partial charge is 0.497 e. The highest BCUT2D eigenvalue weighted by atomic mass is 16.5. The fourth-order valence-corrected chi connectivity index (χ4v) is 3.65. The highest BCUT2D eigenvalue weighted by molar-refractivity contribution is 5.97. The molecule has 146 valence electrons. The molecule has 0 unspecified atom stereocenters. The number of methoxy groups -OCH3 is 1. The number of ketones is 1. The summed E-state index contributed by atoms with van der Waals surface area (Å²) in [6.07, 6.45) is 1.43. The van der Waals surface area contributed by atoms with Crippen molar-refractivity contribution in [3.05, 3.63) is 88.2 Å². The highest BCUT2D eigenvalue weighted by Gasteiger charge is 2.18. The molecule has 0 saturated carbocycles. The average Bonchev–Trinajstić information content (AvgIpc) is 3.04. The van der Waals surface area contributed by atoms with Crippen molar-refractivity contribution >= 4 is 16.7 Å². The molecule has 4 rings (SSSR count). The van der Waals surface area contributed by atoms with E-state index >= 15 is 0 Å². The molecule has 6 heteroatoms. The van der Waals surface area contributed by atoms with Gasteiger partial charge in [-0.25, -0.2) is 4.98 Å². The second-order valence-corrected chi connectivity index (χ2v) is 6.94. The van der Waals surface area contributed by atoms with Crippen LogP contribution in [0.3, 0.4) is 0 Å². The van der Waals surface area contributed by atoms with Crippen LogP contribution >= 0.6 is 0 Å². The van der Waals surface area contributed by atoms with Crippen LogP contribution in [0.1, 0.15) is 21.7 Å². The first-order chi connectivity index (χ1) is 14.0. The SMILES string of the molecule is COc1cccc(-n2c(C)cc(C(=O)Cn3cnc4ccccc4c3=O)c2C)c1. The lowest BCUT2D eigenvalue weighted by Crippen LogP contribution is -2.24. The van der Waals surface area contributed by atoms with Gasteiger partial charge in [0.15, 0.2) is 5.78 Å². The van der Waals surface area contributed by atoms with Crippen molar-refractivity contribution < 1.29 is 9.53 Å². The van der Waals surface area contributed by atoms with Crippen LogP contribution in [0.25, 0.3) is 16.6 Å². The van der Waals surface area contributed by atoms with Gasteiger partial charge in [0.25, 0.3) is 5.56 Å². The summed E-state index contributed by atoms with van der Waals surface area (Å²) in [5.41, 5.74) is 3.67. The van der Waals surface area contributed by atoms with Gasteiger partial charge in [0.1, 0.15) is 5.75 Å². The van der Waals surface area contributed by atoms with Gasteiger partial charge in [-0.15, -0.1) is 0 Å². The fourth-order valence-electron chi connectivity index (χ4n) is 3.65. The molecule has 2 heterocycles. The Morgan fingerprint density at radius 2 is 1.86 bits per heavy atom. The number of ether oxygens (including phenoxy) is 1. The third kappa shape index (κ3) is 3.33. The molecule has 0 atom stereocenters. The van der Waals surface area contributed by atoms with E-state index in [1.807, 2.05) is 54.8 Å². The smallest absolute Gasteiger partial charge is 0.261 e. The molecule has 0 spiro atoms. The Labute approximate surface area is 168 Å². The number of rotatable bonds is 5. The number of fused-ring (bicyclic) bond motifs is 1. The van der Waals surface area contributed by atoms with Crippen molar-refractivity contribution in [2.45, 2.75) is 20.4 Å². The minimum absolute atomic E-state index is 0.0565. The predicted molar refractivity (Wildman–Crippen MR) is 112 cm³/mol. The minimum atomic E-state index is -0.217. The van der Waals surface area contributed by atoms with Gasteiger partial charge in [0.2, 0.25) is 0 Å². The maximum atomic E-state index is 13.0. The van der Waals surface area contributed by atoms with Crippen LogP contribution in [-0.2, 0) is 6.54 Å². The van der Waals surface area contributed by atoms with Crippen molar-refractivity contribution in [3.8, 4) is 11.4 Å². The lowest BCUT2D eigenvalue weighted by atomic mass is 10.1. The summed E-state index contributed by atoms with van der Waals surface area (Å²) in [6, 6.07) is 16.7. The third-order valence-electron chi connectivity index (χ3n) is 5.09. The van der Waals surface area contributed by atoms with Crippen molar-refractivity contribution in [3.63, 3.8) is 0 Å². The van der Waals surface area contributed by atoms with Gasteiger partial charge >= 0.3 is 0 Å². The summed E-state index contributed by atoms with van der Waals surface area (Å²) < 4.78 is 8.69. The van der Waals surface area contributed by atoms with Gasteiger partial charge in [-0.3, -0.25) is 14.2 Å². The Balaban J connectivity index is 1.70. The molecular formula is C23H21N3O3. The molecule has 29 heavy (non-hydrogen) atoms. The van der Waals surface area contributed by atoms with Crippen molar-refractivity contribution in [1.29, 1.82) is 0 Å². The molecular weight excluding hydrogens is 366 g/mol. The summed E-state index contributed by atoms with van der Waals surface area (Å²) in [6.45, 7) is 3.80. The van der Waals surface area contributed by atoms with Gasteiger partial charge in [-0.05, 0) is 44.2 Å². The van der Waals surface area contributed by atoms with Crippen LogP contribution in [-0.4, -0.2) is 27.0 Å². The van der Waals surface area contributed by atoms with E-state index in [1.54, 1.807) is 25.3 Å². The first-order valence-corrected chi connectivity index (χ1v) is 9.30. The van der Waals surface area contributed by atoms with E-state index in [0.717, 1.165) is 22.8 Å². The van der Waals surface area contributed by atoms with Crippen LogP contribution < -0.4 is 10.3 Å². The van der Waals surface area contributed by atoms with E-state index in [-0.39, 0.29) is 17.9 Å². The zero-order chi connectivity index (χ0) is 20.5. The number of Topliss-reactive ketones (excluding diaryl/α,β-unsaturated/α-hetero) is 1. The van der Waals surface area contributed by atoms with Crippen molar-refractivity contribution in [2.75, 3.05) is 7.11 Å². The van der Waals surface area contributed by atoms with Gasteiger partial charge in [-0.1, -0.05) is 18.2 Å². The number of hydrogen-bond acceptors (Lipinski definition) is 4. The van der Waals surface area contributed by atoms with Gasteiger partial charge in [0.05, 0.1) is 30.9 Å². The van der Waals surface area contributed by atoms with Gasteiger partial charge in [0, 0.05) is 28.7 Å². The summed E-state index contributed by atoms with van der Waals surface area (Å²) in [4.78, 5) is 30.0. The second-order valence-electron chi connectivity index (χ2n) is 6.94. The summed E-state index contributed by atoms with van der Waals surface area (Å²) in [7, 11) is 1.62. The molecule has 0 amide bonds. The number of aromatic nitrogens is 3. The molecule has 0 radical (unpaired) electrons. The topological polar surface area (TPSA) is 66.1 Å². The predicted octanol–water partition coefficient (Wildman–Crippen LogP) is 3.70. The number of carbonyl (C=O) groups excluding carboxylic acids is 1. The fraction of sp³-hybridized carbons (Fsp3) is 0.174. The third-order valence-corrected chi connectivity index (χ3v) is 5.09. The number of hydrogen-bond donors (Lipinski definition) is 0. The van der Waals surface area contributed by atoms with Crippen LogP contribution in [0, 0.1) is 13.8 Å². The Morgan fingerprint density at radius 1 is 1.07 bits per heavy atom. The number of para-hydroxylation sites is 1. The van der Waals surface area contributed by atoms with Crippen LogP contribution in [0.5, 0.6) is 5.75 Å². The molecule has 0 aliphatic rings. The summed E-state index contributed by atoms with van der Waals surface area (Å²) in [5.74, 6) is 0.614. The van der Waals surface area contributed by atoms with E-state index in [9.17, 15) is 9.59 Å². The Hall–Kier alpha value is -3.67. The monoisotopic (exact) mass is 387 g/mol. The average molecular weight is 387 g/mol. The number of nitrogens with zero attached hydrogens (tertiary/aromatic N) is 3. The van der Waals surface area contributed by atoms with Crippen LogP contribution in [0.4, 0.5) is 0 Å². The Morgan fingerprint density at radius 3 is 2.66 bits per heavy atom. The van der Waals surface area contributed by atoms with Crippen molar-refractivity contribution in [2.24, 2.45) is 0 Å². The van der Waals surface area contributed by atoms with Crippen LogP contribution in [0.2, 0.25) is 0 Å². The van der Waals surface area contributed by atoms with E-state index in [2.05, 4.69) is 4.98 Å². The first-order valence-electron chi connectivity index (χ1n) is 9.30. The molecule has 0 aliphatic heterocycles. The Bertz CT molecular complexity index is 1280. The van der Waals surface area contributed by atoms with Crippen LogP contribution in [0.15, 0.2) is 65.7 Å². The lowest BCUT2D eigenvalue weighted by molar-refractivity contribution is 0.0970. The Kier molecular flexibility index (Phi) is 4.76. The normalized spacial score (nSPS) is 11.0. The molecule has 2 aromatic carbocycles. The molecule has 0 saturated heterocycles. The van der Waals surface area contributed by atoms with E-state index in [1.165, 1.54) is 10.9 Å². The molecule has 0 N–H and O–H groups in total.